The monoisotopic (exact) mass is 386 g/mol. The molecule has 2 fully saturated rings. The summed E-state index contributed by atoms with van der Waals surface area (Å²) in [6.45, 7) is 7.28. The minimum Gasteiger partial charge on any atom is -0.389 e. The molecule has 28 heavy (non-hydrogen) atoms. The first-order valence-electron chi connectivity index (χ1n) is 10.3. The summed E-state index contributed by atoms with van der Waals surface area (Å²) in [5, 5.41) is 14.0. The number of aromatic nitrogens is 2. The van der Waals surface area contributed by atoms with Gasteiger partial charge in [-0.25, -0.2) is 4.98 Å². The van der Waals surface area contributed by atoms with Gasteiger partial charge in [0.15, 0.2) is 0 Å². The summed E-state index contributed by atoms with van der Waals surface area (Å²) in [4.78, 5) is 23.0. The van der Waals surface area contributed by atoms with Gasteiger partial charge in [-0.05, 0) is 37.5 Å². The highest BCUT2D eigenvalue weighted by Gasteiger charge is 2.36. The van der Waals surface area contributed by atoms with Crippen LogP contribution in [0, 0.1) is 0 Å². The van der Waals surface area contributed by atoms with Gasteiger partial charge in [0.25, 0.3) is 5.91 Å². The number of imidazole rings is 1. The average molecular weight is 386 g/mol. The van der Waals surface area contributed by atoms with Crippen LogP contribution in [-0.2, 0) is 4.74 Å². The topological polar surface area (TPSA) is 90.5 Å². The summed E-state index contributed by atoms with van der Waals surface area (Å²) >= 11 is 0. The van der Waals surface area contributed by atoms with Crippen molar-refractivity contribution < 1.29 is 14.6 Å². The quantitative estimate of drug-likeness (QED) is 0.748. The predicted molar refractivity (Wildman–Crippen MR) is 107 cm³/mol. The summed E-state index contributed by atoms with van der Waals surface area (Å²) in [6, 6.07) is 5.39. The van der Waals surface area contributed by atoms with Crippen LogP contribution in [0.5, 0.6) is 0 Å². The Morgan fingerprint density at radius 3 is 2.86 bits per heavy atom. The molecule has 0 bridgehead atoms. The number of benzene rings is 1. The molecule has 3 N–H and O–H groups in total. The van der Waals surface area contributed by atoms with E-state index in [0.717, 1.165) is 49.2 Å². The van der Waals surface area contributed by atoms with Crippen molar-refractivity contribution in [3.05, 3.63) is 29.6 Å². The lowest BCUT2D eigenvalue weighted by atomic mass is 9.86. The fourth-order valence-electron chi connectivity index (χ4n) is 4.32. The van der Waals surface area contributed by atoms with Crippen LogP contribution in [0.4, 0.5) is 0 Å². The molecule has 2 aliphatic rings. The van der Waals surface area contributed by atoms with Crippen LogP contribution < -0.4 is 5.32 Å². The molecule has 152 valence electrons. The molecule has 2 aromatic rings. The van der Waals surface area contributed by atoms with Crippen molar-refractivity contribution in [1.29, 1.82) is 0 Å². The van der Waals surface area contributed by atoms with Gasteiger partial charge in [0, 0.05) is 30.6 Å². The highest BCUT2D eigenvalue weighted by molar-refractivity contribution is 5.97. The van der Waals surface area contributed by atoms with E-state index in [-0.39, 0.29) is 18.0 Å². The first-order chi connectivity index (χ1) is 13.5. The zero-order chi connectivity index (χ0) is 19.7. The Labute approximate surface area is 165 Å². The number of carbonyl (C=O) groups excluding carboxylic acids is 1. The molecular formula is C21H30N4O3. The largest absolute Gasteiger partial charge is 0.389 e. The number of rotatable bonds is 4. The number of nitrogens with zero attached hydrogens (tertiary/aromatic N) is 2. The van der Waals surface area contributed by atoms with Gasteiger partial charge in [-0.15, -0.1) is 0 Å². The molecule has 1 aromatic heterocycles. The molecule has 2 heterocycles. The van der Waals surface area contributed by atoms with E-state index in [9.17, 15) is 9.90 Å². The first kappa shape index (κ1) is 19.4. The SMILES string of the molecule is CC(C)c1nc2ccc(C(=O)N[C@@H]3CCC[C@@H](N4CCOCC4)[C@@H]3O)cc2[nH]1. The average Bonchev–Trinajstić information content (AvgIpc) is 3.14. The Morgan fingerprint density at radius 2 is 2.11 bits per heavy atom. The Bertz CT molecular complexity index is 828. The Hall–Kier alpha value is -1.96. The van der Waals surface area contributed by atoms with Crippen LogP contribution in [0.15, 0.2) is 18.2 Å². The van der Waals surface area contributed by atoms with Gasteiger partial charge in [0.1, 0.15) is 5.82 Å². The zero-order valence-corrected chi connectivity index (χ0v) is 16.6. The molecule has 0 unspecified atom stereocenters. The van der Waals surface area contributed by atoms with E-state index in [1.807, 2.05) is 12.1 Å². The number of ether oxygens (including phenoxy) is 1. The van der Waals surface area contributed by atoms with Gasteiger partial charge in [-0.1, -0.05) is 13.8 Å². The van der Waals surface area contributed by atoms with Crippen LogP contribution in [0.2, 0.25) is 0 Å². The lowest BCUT2D eigenvalue weighted by Gasteiger charge is -2.43. The number of hydrogen-bond donors (Lipinski definition) is 3. The normalized spacial score (nSPS) is 26.6. The smallest absolute Gasteiger partial charge is 0.251 e. The summed E-state index contributed by atoms with van der Waals surface area (Å²) < 4.78 is 5.43. The van der Waals surface area contributed by atoms with Crippen LogP contribution in [-0.4, -0.2) is 70.4 Å². The molecule has 1 aliphatic heterocycles. The molecule has 1 aliphatic carbocycles. The molecule has 1 saturated carbocycles. The van der Waals surface area contributed by atoms with Crippen molar-refractivity contribution in [2.24, 2.45) is 0 Å². The van der Waals surface area contributed by atoms with Gasteiger partial charge in [0.05, 0.1) is 36.4 Å². The summed E-state index contributed by atoms with van der Waals surface area (Å²) in [5.74, 6) is 1.08. The Kier molecular flexibility index (Phi) is 5.66. The summed E-state index contributed by atoms with van der Waals surface area (Å²) in [6.07, 6.45) is 2.21. The van der Waals surface area contributed by atoms with Gasteiger partial charge in [-0.2, -0.15) is 0 Å². The zero-order valence-electron chi connectivity index (χ0n) is 16.6. The standard InChI is InChI=1S/C21H30N4O3/c1-13(2)20-22-15-7-6-14(12-17(15)23-20)21(27)24-16-4-3-5-18(19(16)26)25-8-10-28-11-9-25/h6-7,12-13,16,18-19,26H,3-5,8-11H2,1-2H3,(H,22,23)(H,24,27)/t16-,18-,19-/m1/s1. The Balaban J connectivity index is 1.45. The molecule has 3 atom stereocenters. The van der Waals surface area contributed by atoms with E-state index in [1.165, 1.54) is 0 Å². The van der Waals surface area contributed by atoms with Crippen molar-refractivity contribution in [3.63, 3.8) is 0 Å². The van der Waals surface area contributed by atoms with E-state index in [2.05, 4.69) is 34.0 Å². The fourth-order valence-corrected chi connectivity index (χ4v) is 4.32. The maximum absolute atomic E-state index is 12.8. The van der Waals surface area contributed by atoms with Gasteiger partial charge in [-0.3, -0.25) is 9.69 Å². The third-order valence-corrected chi connectivity index (χ3v) is 5.96. The van der Waals surface area contributed by atoms with Gasteiger partial charge >= 0.3 is 0 Å². The van der Waals surface area contributed by atoms with E-state index >= 15 is 0 Å². The van der Waals surface area contributed by atoms with Crippen LogP contribution in [0.3, 0.4) is 0 Å². The van der Waals surface area contributed by atoms with Crippen molar-refractivity contribution in [2.75, 3.05) is 26.3 Å². The first-order valence-corrected chi connectivity index (χ1v) is 10.3. The second-order valence-corrected chi connectivity index (χ2v) is 8.23. The number of aliphatic hydroxyl groups is 1. The van der Waals surface area contributed by atoms with E-state index in [4.69, 9.17) is 4.74 Å². The second kappa shape index (κ2) is 8.19. The molecule has 0 spiro atoms. The highest BCUT2D eigenvalue weighted by atomic mass is 16.5. The summed E-state index contributed by atoms with van der Waals surface area (Å²) in [5.41, 5.74) is 2.32. The lowest BCUT2D eigenvalue weighted by Crippen LogP contribution is -2.58. The van der Waals surface area contributed by atoms with E-state index < -0.39 is 6.10 Å². The van der Waals surface area contributed by atoms with E-state index in [0.29, 0.717) is 24.7 Å². The lowest BCUT2D eigenvalue weighted by molar-refractivity contribution is -0.0459. The molecular weight excluding hydrogens is 356 g/mol. The second-order valence-electron chi connectivity index (χ2n) is 8.23. The fraction of sp³-hybridized carbons (Fsp3) is 0.619. The number of H-pyrrole nitrogens is 1. The number of fused-ring (bicyclic) bond motifs is 1. The molecule has 1 saturated heterocycles. The van der Waals surface area contributed by atoms with Crippen molar-refractivity contribution in [1.82, 2.24) is 20.2 Å². The van der Waals surface area contributed by atoms with Crippen LogP contribution >= 0.6 is 0 Å². The minimum atomic E-state index is -0.556. The molecule has 7 nitrogen and oxygen atoms in total. The number of hydrogen-bond acceptors (Lipinski definition) is 5. The van der Waals surface area contributed by atoms with Crippen molar-refractivity contribution in [2.45, 2.75) is 57.2 Å². The maximum atomic E-state index is 12.8. The van der Waals surface area contributed by atoms with Crippen LogP contribution in [0.25, 0.3) is 11.0 Å². The van der Waals surface area contributed by atoms with Gasteiger partial charge in [0.2, 0.25) is 0 Å². The number of nitrogens with one attached hydrogen (secondary N) is 2. The molecule has 0 radical (unpaired) electrons. The number of aromatic amines is 1. The number of aliphatic hydroxyl groups excluding tert-OH is 1. The highest BCUT2D eigenvalue weighted by Crippen LogP contribution is 2.25. The van der Waals surface area contributed by atoms with Crippen LogP contribution in [0.1, 0.15) is 55.2 Å². The number of carbonyl (C=O) groups is 1. The molecule has 1 amide bonds. The molecule has 7 heteroatoms. The minimum absolute atomic E-state index is 0.0895. The van der Waals surface area contributed by atoms with Crippen molar-refractivity contribution in [3.8, 4) is 0 Å². The molecule has 4 rings (SSSR count). The number of amides is 1. The predicted octanol–water partition coefficient (Wildman–Crippen LogP) is 2.03. The maximum Gasteiger partial charge on any atom is 0.251 e. The van der Waals surface area contributed by atoms with E-state index in [1.54, 1.807) is 6.07 Å². The third kappa shape index (κ3) is 3.92. The summed E-state index contributed by atoms with van der Waals surface area (Å²) in [7, 11) is 0. The Morgan fingerprint density at radius 1 is 1.32 bits per heavy atom. The number of morpholine rings is 1. The molecule has 1 aromatic carbocycles. The van der Waals surface area contributed by atoms with Crippen molar-refractivity contribution >= 4 is 16.9 Å². The van der Waals surface area contributed by atoms with Gasteiger partial charge < -0.3 is 20.1 Å². The third-order valence-electron chi connectivity index (χ3n) is 5.96.